The van der Waals surface area contributed by atoms with Crippen molar-refractivity contribution >= 4 is 0 Å². The summed E-state index contributed by atoms with van der Waals surface area (Å²) in [6.07, 6.45) is 11.2. The Bertz CT molecular complexity index is 267. The second-order valence-electron chi connectivity index (χ2n) is 7.38. The zero-order chi connectivity index (χ0) is 12.7. The van der Waals surface area contributed by atoms with Crippen LogP contribution in [0.4, 0.5) is 0 Å². The molecule has 3 aliphatic rings. The van der Waals surface area contributed by atoms with E-state index in [0.29, 0.717) is 6.04 Å². The Kier molecular flexibility index (Phi) is 3.68. The smallest absolute Gasteiger partial charge is 0.0116 e. The van der Waals surface area contributed by atoms with Gasteiger partial charge in [0, 0.05) is 24.2 Å². The zero-order valence-electron chi connectivity index (χ0n) is 12.1. The van der Waals surface area contributed by atoms with Gasteiger partial charge in [-0.2, -0.15) is 0 Å². The maximum absolute atomic E-state index is 6.18. The number of fused-ring (bicyclic) bond motifs is 2. The second kappa shape index (κ2) is 5.13. The summed E-state index contributed by atoms with van der Waals surface area (Å²) in [5.74, 6) is 1.88. The minimum atomic E-state index is 0.491. The lowest BCUT2D eigenvalue weighted by Gasteiger charge is -2.45. The highest BCUT2D eigenvalue weighted by Crippen LogP contribution is 2.41. The van der Waals surface area contributed by atoms with Crippen LogP contribution in [0.2, 0.25) is 0 Å². The first kappa shape index (κ1) is 12.9. The SMILES string of the molecule is CC(C)C1CCC(N2C3CCC2CC(N)C3)CC1. The van der Waals surface area contributed by atoms with Crippen LogP contribution >= 0.6 is 0 Å². The zero-order valence-corrected chi connectivity index (χ0v) is 12.1. The molecular formula is C16H30N2. The van der Waals surface area contributed by atoms with Crippen LogP contribution in [0.3, 0.4) is 0 Å². The molecule has 0 amide bonds. The summed E-state index contributed by atoms with van der Waals surface area (Å²) >= 11 is 0. The number of hydrogen-bond donors (Lipinski definition) is 1. The largest absolute Gasteiger partial charge is 0.328 e. The minimum absolute atomic E-state index is 0.491. The van der Waals surface area contributed by atoms with Crippen molar-refractivity contribution in [1.82, 2.24) is 4.90 Å². The van der Waals surface area contributed by atoms with Crippen molar-refractivity contribution in [2.75, 3.05) is 0 Å². The Morgan fingerprint density at radius 3 is 1.83 bits per heavy atom. The van der Waals surface area contributed by atoms with Gasteiger partial charge in [-0.15, -0.1) is 0 Å². The average molecular weight is 250 g/mol. The lowest BCUT2D eigenvalue weighted by molar-refractivity contribution is 0.0442. The summed E-state index contributed by atoms with van der Waals surface area (Å²) in [5, 5.41) is 0. The molecule has 2 heterocycles. The van der Waals surface area contributed by atoms with Gasteiger partial charge in [-0.3, -0.25) is 4.90 Å². The van der Waals surface area contributed by atoms with E-state index < -0.39 is 0 Å². The molecule has 2 saturated heterocycles. The maximum Gasteiger partial charge on any atom is 0.0116 e. The fourth-order valence-electron chi connectivity index (χ4n) is 4.92. The predicted octanol–water partition coefficient (Wildman–Crippen LogP) is 3.16. The maximum atomic E-state index is 6.18. The van der Waals surface area contributed by atoms with Crippen LogP contribution in [-0.4, -0.2) is 29.1 Å². The third-order valence-corrected chi connectivity index (χ3v) is 5.93. The molecule has 3 fully saturated rings. The van der Waals surface area contributed by atoms with Crippen LogP contribution in [0.25, 0.3) is 0 Å². The van der Waals surface area contributed by atoms with Crippen LogP contribution in [0.5, 0.6) is 0 Å². The normalized spacial score (nSPS) is 45.7. The highest BCUT2D eigenvalue weighted by Gasteiger charge is 2.43. The van der Waals surface area contributed by atoms with Crippen LogP contribution < -0.4 is 5.73 Å². The molecule has 0 radical (unpaired) electrons. The summed E-state index contributed by atoms with van der Waals surface area (Å²) < 4.78 is 0. The van der Waals surface area contributed by atoms with E-state index in [2.05, 4.69) is 18.7 Å². The molecule has 1 saturated carbocycles. The van der Waals surface area contributed by atoms with Gasteiger partial charge >= 0.3 is 0 Å². The fourth-order valence-corrected chi connectivity index (χ4v) is 4.92. The van der Waals surface area contributed by atoms with Crippen molar-refractivity contribution in [2.24, 2.45) is 17.6 Å². The molecular weight excluding hydrogens is 220 g/mol. The monoisotopic (exact) mass is 250 g/mol. The van der Waals surface area contributed by atoms with E-state index >= 15 is 0 Å². The Balaban J connectivity index is 1.60. The molecule has 2 nitrogen and oxygen atoms in total. The molecule has 2 unspecified atom stereocenters. The Morgan fingerprint density at radius 1 is 0.833 bits per heavy atom. The van der Waals surface area contributed by atoms with Crippen molar-refractivity contribution in [2.45, 2.75) is 89.4 Å². The fraction of sp³-hybridized carbons (Fsp3) is 1.00. The minimum Gasteiger partial charge on any atom is -0.328 e. The van der Waals surface area contributed by atoms with E-state index in [0.717, 1.165) is 30.0 Å². The van der Waals surface area contributed by atoms with Gasteiger partial charge in [-0.25, -0.2) is 0 Å². The van der Waals surface area contributed by atoms with E-state index in [-0.39, 0.29) is 0 Å². The molecule has 2 atom stereocenters. The second-order valence-corrected chi connectivity index (χ2v) is 7.38. The molecule has 2 bridgehead atoms. The van der Waals surface area contributed by atoms with Gasteiger partial charge in [-0.1, -0.05) is 13.8 Å². The first-order valence-electron chi connectivity index (χ1n) is 8.18. The first-order valence-corrected chi connectivity index (χ1v) is 8.18. The molecule has 0 aromatic carbocycles. The quantitative estimate of drug-likeness (QED) is 0.815. The summed E-state index contributed by atoms with van der Waals surface area (Å²) in [4.78, 5) is 2.90. The summed E-state index contributed by atoms with van der Waals surface area (Å²) in [5.41, 5.74) is 6.18. The van der Waals surface area contributed by atoms with Crippen molar-refractivity contribution in [3.05, 3.63) is 0 Å². The molecule has 18 heavy (non-hydrogen) atoms. The molecule has 0 aromatic rings. The highest BCUT2D eigenvalue weighted by atomic mass is 15.3. The predicted molar refractivity (Wildman–Crippen MR) is 76.4 cm³/mol. The Labute approximate surface area is 112 Å². The summed E-state index contributed by atoms with van der Waals surface area (Å²) in [6.45, 7) is 4.79. The number of hydrogen-bond acceptors (Lipinski definition) is 2. The highest BCUT2D eigenvalue weighted by molar-refractivity contribution is 5.00. The van der Waals surface area contributed by atoms with E-state index in [1.165, 1.54) is 51.4 Å². The van der Waals surface area contributed by atoms with Gasteiger partial charge in [0.15, 0.2) is 0 Å². The van der Waals surface area contributed by atoms with Crippen molar-refractivity contribution in [3.63, 3.8) is 0 Å². The number of nitrogens with two attached hydrogens (primary N) is 1. The van der Waals surface area contributed by atoms with Gasteiger partial charge in [0.2, 0.25) is 0 Å². The lowest BCUT2D eigenvalue weighted by atomic mass is 9.78. The molecule has 0 aromatic heterocycles. The van der Waals surface area contributed by atoms with Gasteiger partial charge in [0.1, 0.15) is 0 Å². The Morgan fingerprint density at radius 2 is 1.33 bits per heavy atom. The van der Waals surface area contributed by atoms with Gasteiger partial charge in [0.05, 0.1) is 0 Å². The van der Waals surface area contributed by atoms with E-state index in [9.17, 15) is 0 Å². The third-order valence-electron chi connectivity index (χ3n) is 5.93. The van der Waals surface area contributed by atoms with Gasteiger partial charge in [-0.05, 0) is 63.2 Å². The first-order chi connectivity index (χ1) is 8.65. The standard InChI is InChI=1S/C16H30N2/c1-11(2)12-3-5-14(6-4-12)18-15-7-8-16(18)10-13(17)9-15/h11-16H,3-10,17H2,1-2H3. The molecule has 104 valence electrons. The number of piperidine rings is 1. The lowest BCUT2D eigenvalue weighted by Crippen LogP contribution is -2.52. The van der Waals surface area contributed by atoms with Crippen molar-refractivity contribution < 1.29 is 0 Å². The van der Waals surface area contributed by atoms with Crippen LogP contribution in [-0.2, 0) is 0 Å². The molecule has 2 aliphatic heterocycles. The van der Waals surface area contributed by atoms with Crippen LogP contribution in [0.1, 0.15) is 65.2 Å². The van der Waals surface area contributed by atoms with Gasteiger partial charge < -0.3 is 5.73 Å². The molecule has 2 N–H and O–H groups in total. The molecule has 0 spiro atoms. The van der Waals surface area contributed by atoms with E-state index in [4.69, 9.17) is 5.73 Å². The van der Waals surface area contributed by atoms with E-state index in [1.54, 1.807) is 0 Å². The third kappa shape index (κ3) is 2.34. The van der Waals surface area contributed by atoms with Crippen LogP contribution in [0.15, 0.2) is 0 Å². The van der Waals surface area contributed by atoms with Crippen LogP contribution in [0, 0.1) is 11.8 Å². The van der Waals surface area contributed by atoms with Crippen molar-refractivity contribution in [1.29, 1.82) is 0 Å². The average Bonchev–Trinajstić information content (AvgIpc) is 2.62. The number of rotatable bonds is 2. The molecule has 2 heteroatoms. The van der Waals surface area contributed by atoms with E-state index in [1.807, 2.05) is 0 Å². The summed E-state index contributed by atoms with van der Waals surface area (Å²) in [7, 11) is 0. The van der Waals surface area contributed by atoms with Gasteiger partial charge in [0.25, 0.3) is 0 Å². The van der Waals surface area contributed by atoms with Crippen molar-refractivity contribution in [3.8, 4) is 0 Å². The Hall–Kier alpha value is -0.0800. The molecule has 3 rings (SSSR count). The topological polar surface area (TPSA) is 29.3 Å². The molecule has 1 aliphatic carbocycles. The number of nitrogens with zero attached hydrogens (tertiary/aromatic N) is 1. The summed E-state index contributed by atoms with van der Waals surface area (Å²) in [6, 6.07) is 3.05.